The maximum Gasteiger partial charge on any atom is 0.234 e. The van der Waals surface area contributed by atoms with Gasteiger partial charge in [-0.05, 0) is 29.8 Å². The van der Waals surface area contributed by atoms with Crippen LogP contribution in [0.3, 0.4) is 0 Å². The quantitative estimate of drug-likeness (QED) is 0.844. The van der Waals surface area contributed by atoms with Crippen LogP contribution >= 0.6 is 23.4 Å². The highest BCUT2D eigenvalue weighted by molar-refractivity contribution is 7.99. The lowest BCUT2D eigenvalue weighted by Gasteiger charge is -2.07. The fourth-order valence-electron chi connectivity index (χ4n) is 1.87. The molecule has 1 N–H and O–H groups in total. The van der Waals surface area contributed by atoms with Gasteiger partial charge in [0, 0.05) is 22.7 Å². The largest absolute Gasteiger partial charge is 0.325 e. The molecule has 0 aliphatic rings. The van der Waals surface area contributed by atoms with Gasteiger partial charge in [0.25, 0.3) is 0 Å². The van der Waals surface area contributed by atoms with Crippen molar-refractivity contribution in [2.24, 2.45) is 0 Å². The van der Waals surface area contributed by atoms with Gasteiger partial charge in [0.15, 0.2) is 9.84 Å². The molecule has 7 heteroatoms. The highest BCUT2D eigenvalue weighted by atomic mass is 35.5. The van der Waals surface area contributed by atoms with E-state index in [2.05, 4.69) is 5.32 Å². The van der Waals surface area contributed by atoms with Gasteiger partial charge in [0.1, 0.15) is 0 Å². The Morgan fingerprint density at radius 1 is 1.17 bits per heavy atom. The van der Waals surface area contributed by atoms with Crippen LogP contribution in [-0.4, -0.2) is 26.3 Å². The Bertz CT molecular complexity index is 806. The predicted molar refractivity (Wildman–Crippen MR) is 95.8 cm³/mol. The highest BCUT2D eigenvalue weighted by Gasteiger charge is 2.09. The molecule has 2 rings (SSSR count). The van der Waals surface area contributed by atoms with Crippen LogP contribution in [0.1, 0.15) is 5.56 Å². The minimum Gasteiger partial charge on any atom is -0.325 e. The summed E-state index contributed by atoms with van der Waals surface area (Å²) < 4.78 is 23.0. The molecule has 0 fully saturated rings. The maximum absolute atomic E-state index is 11.9. The van der Waals surface area contributed by atoms with Gasteiger partial charge in [0.2, 0.25) is 5.91 Å². The van der Waals surface area contributed by atoms with Crippen LogP contribution in [0.5, 0.6) is 0 Å². The number of hydrogen-bond donors (Lipinski definition) is 1. The SMILES string of the molecule is CS(=O)(=O)c1cccc(NC(=O)CSCc2ccccc2Cl)c1. The van der Waals surface area contributed by atoms with Crippen LogP contribution in [0.15, 0.2) is 53.4 Å². The number of anilines is 1. The summed E-state index contributed by atoms with van der Waals surface area (Å²) in [5, 5.41) is 3.38. The number of thioether (sulfide) groups is 1. The summed E-state index contributed by atoms with van der Waals surface area (Å²) in [7, 11) is -3.29. The molecule has 0 saturated heterocycles. The number of hydrogen-bond acceptors (Lipinski definition) is 4. The summed E-state index contributed by atoms with van der Waals surface area (Å²) in [6.07, 6.45) is 1.13. The van der Waals surface area contributed by atoms with E-state index in [4.69, 9.17) is 11.6 Å². The molecule has 122 valence electrons. The van der Waals surface area contributed by atoms with Crippen molar-refractivity contribution in [1.82, 2.24) is 0 Å². The first-order chi connectivity index (χ1) is 10.9. The van der Waals surface area contributed by atoms with Crippen molar-refractivity contribution in [1.29, 1.82) is 0 Å². The molecule has 0 spiro atoms. The number of halogens is 1. The van der Waals surface area contributed by atoms with Gasteiger partial charge in [-0.1, -0.05) is 35.9 Å². The molecule has 0 radical (unpaired) electrons. The van der Waals surface area contributed by atoms with Crippen LogP contribution in [0, 0.1) is 0 Å². The van der Waals surface area contributed by atoms with Gasteiger partial charge >= 0.3 is 0 Å². The summed E-state index contributed by atoms with van der Waals surface area (Å²) in [5.41, 5.74) is 1.45. The van der Waals surface area contributed by atoms with E-state index in [1.54, 1.807) is 12.1 Å². The first-order valence-electron chi connectivity index (χ1n) is 6.77. The van der Waals surface area contributed by atoms with Gasteiger partial charge in [-0.3, -0.25) is 4.79 Å². The van der Waals surface area contributed by atoms with Crippen LogP contribution in [0.4, 0.5) is 5.69 Å². The van der Waals surface area contributed by atoms with Gasteiger partial charge in [0.05, 0.1) is 10.6 Å². The van der Waals surface area contributed by atoms with E-state index in [1.165, 1.54) is 23.9 Å². The maximum atomic E-state index is 11.9. The van der Waals surface area contributed by atoms with Crippen LogP contribution in [0.2, 0.25) is 5.02 Å². The number of amides is 1. The third-order valence-corrected chi connectivity index (χ3v) is 5.45. The van der Waals surface area contributed by atoms with Gasteiger partial charge in [-0.2, -0.15) is 0 Å². The second kappa shape index (κ2) is 7.86. The Balaban J connectivity index is 1.89. The Morgan fingerprint density at radius 2 is 1.91 bits per heavy atom. The molecule has 0 atom stereocenters. The van der Waals surface area contributed by atoms with Gasteiger partial charge < -0.3 is 5.32 Å². The zero-order valence-corrected chi connectivity index (χ0v) is 14.8. The average Bonchev–Trinajstić information content (AvgIpc) is 2.48. The summed E-state index contributed by atoms with van der Waals surface area (Å²) in [5.74, 6) is 0.706. The molecular formula is C16H16ClNO3S2. The molecule has 4 nitrogen and oxygen atoms in total. The predicted octanol–water partition coefficient (Wildman–Crippen LogP) is 3.62. The minimum absolute atomic E-state index is 0.180. The molecule has 2 aromatic carbocycles. The molecule has 23 heavy (non-hydrogen) atoms. The third-order valence-electron chi connectivity index (χ3n) is 2.99. The zero-order chi connectivity index (χ0) is 16.9. The van der Waals surface area contributed by atoms with Crippen molar-refractivity contribution in [2.45, 2.75) is 10.6 Å². The average molecular weight is 370 g/mol. The fourth-order valence-corrected chi connectivity index (χ4v) is 3.65. The van der Waals surface area contributed by atoms with E-state index in [-0.39, 0.29) is 16.6 Å². The molecule has 0 heterocycles. The summed E-state index contributed by atoms with van der Waals surface area (Å²) in [4.78, 5) is 12.1. The van der Waals surface area contributed by atoms with Crippen molar-refractivity contribution < 1.29 is 13.2 Å². The fraction of sp³-hybridized carbons (Fsp3) is 0.188. The Hall–Kier alpha value is -1.50. The summed E-state index contributed by atoms with van der Waals surface area (Å²) >= 11 is 7.50. The summed E-state index contributed by atoms with van der Waals surface area (Å²) in [6, 6.07) is 13.7. The lowest BCUT2D eigenvalue weighted by Crippen LogP contribution is -2.14. The summed E-state index contributed by atoms with van der Waals surface area (Å²) in [6.45, 7) is 0. The van der Waals surface area contributed by atoms with Crippen molar-refractivity contribution in [3.05, 3.63) is 59.1 Å². The van der Waals surface area contributed by atoms with E-state index in [0.29, 0.717) is 16.5 Å². The Morgan fingerprint density at radius 3 is 2.61 bits per heavy atom. The molecule has 0 unspecified atom stereocenters. The van der Waals surface area contributed by atoms with Crippen molar-refractivity contribution in [2.75, 3.05) is 17.3 Å². The van der Waals surface area contributed by atoms with Crippen LogP contribution in [-0.2, 0) is 20.4 Å². The molecule has 0 bridgehead atoms. The van der Waals surface area contributed by atoms with E-state index < -0.39 is 9.84 Å². The van der Waals surface area contributed by atoms with E-state index in [0.717, 1.165) is 11.8 Å². The van der Waals surface area contributed by atoms with Crippen molar-refractivity contribution in [3.63, 3.8) is 0 Å². The molecule has 2 aromatic rings. The number of carbonyl (C=O) groups is 1. The smallest absolute Gasteiger partial charge is 0.234 e. The molecule has 0 aromatic heterocycles. The van der Waals surface area contributed by atoms with Gasteiger partial charge in [-0.15, -0.1) is 11.8 Å². The van der Waals surface area contributed by atoms with E-state index in [1.807, 2.05) is 24.3 Å². The normalized spacial score (nSPS) is 11.2. The molecular weight excluding hydrogens is 354 g/mol. The minimum atomic E-state index is -3.29. The van der Waals surface area contributed by atoms with Crippen LogP contribution < -0.4 is 5.32 Å². The molecule has 0 aliphatic carbocycles. The molecule has 0 aliphatic heterocycles. The number of nitrogens with one attached hydrogen (secondary N) is 1. The first-order valence-corrected chi connectivity index (χ1v) is 10.2. The van der Waals surface area contributed by atoms with E-state index >= 15 is 0 Å². The standard InChI is InChI=1S/C16H16ClNO3S2/c1-23(20,21)14-7-4-6-13(9-14)18-16(19)11-22-10-12-5-2-3-8-15(12)17/h2-9H,10-11H2,1H3,(H,18,19). The van der Waals surface area contributed by atoms with Crippen molar-refractivity contribution >= 4 is 44.8 Å². The second-order valence-corrected chi connectivity index (χ2v) is 8.34. The lowest BCUT2D eigenvalue weighted by molar-refractivity contribution is -0.113. The monoisotopic (exact) mass is 369 g/mol. The molecule has 1 amide bonds. The number of rotatable bonds is 6. The number of sulfone groups is 1. The van der Waals surface area contributed by atoms with Gasteiger partial charge in [-0.25, -0.2) is 8.42 Å². The first kappa shape index (κ1) is 17.8. The molecule has 0 saturated carbocycles. The van der Waals surface area contributed by atoms with E-state index in [9.17, 15) is 13.2 Å². The third kappa shape index (κ3) is 5.57. The second-order valence-electron chi connectivity index (χ2n) is 4.93. The van der Waals surface area contributed by atoms with Crippen LogP contribution in [0.25, 0.3) is 0 Å². The number of benzene rings is 2. The van der Waals surface area contributed by atoms with Crippen molar-refractivity contribution in [3.8, 4) is 0 Å². The Labute approximate surface area is 145 Å². The lowest BCUT2D eigenvalue weighted by atomic mass is 10.2. The Kier molecular flexibility index (Phi) is 6.10. The number of carbonyl (C=O) groups excluding carboxylic acids is 1. The topological polar surface area (TPSA) is 63.2 Å². The zero-order valence-electron chi connectivity index (χ0n) is 12.5. The highest BCUT2D eigenvalue weighted by Crippen LogP contribution is 2.21.